The first-order valence-electron chi connectivity index (χ1n) is 6.85. The summed E-state index contributed by atoms with van der Waals surface area (Å²) in [5.41, 5.74) is 4.06. The van der Waals surface area contributed by atoms with Gasteiger partial charge in [-0.3, -0.25) is 9.78 Å². The molecular weight excluding hydrogens is 262 g/mol. The molecule has 2 heterocycles. The first kappa shape index (κ1) is 13.4. The van der Waals surface area contributed by atoms with E-state index >= 15 is 0 Å². The highest BCUT2D eigenvalue weighted by molar-refractivity contribution is 5.84. The predicted molar refractivity (Wildman–Crippen MR) is 83.9 cm³/mol. The second-order valence-corrected chi connectivity index (χ2v) is 5.23. The summed E-state index contributed by atoms with van der Waals surface area (Å²) in [6, 6.07) is 14.1. The quantitative estimate of drug-likeness (QED) is 0.739. The molecule has 3 aromatic rings. The van der Waals surface area contributed by atoms with Crippen LogP contribution in [0.4, 0.5) is 0 Å². The van der Waals surface area contributed by atoms with Crippen molar-refractivity contribution in [1.29, 1.82) is 0 Å². The van der Waals surface area contributed by atoms with Crippen LogP contribution < -0.4 is 0 Å². The van der Waals surface area contributed by atoms with E-state index in [0.29, 0.717) is 6.54 Å². The Balaban J connectivity index is 2.02. The third kappa shape index (κ3) is 2.65. The van der Waals surface area contributed by atoms with Crippen molar-refractivity contribution in [3.05, 3.63) is 54.9 Å². The average Bonchev–Trinajstić information content (AvgIpc) is 2.90. The van der Waals surface area contributed by atoms with Crippen LogP contribution in [0.3, 0.4) is 0 Å². The van der Waals surface area contributed by atoms with Crippen LogP contribution in [0, 0.1) is 0 Å². The second kappa shape index (κ2) is 5.40. The maximum Gasteiger partial charge on any atom is 0.241 e. The minimum Gasteiger partial charge on any atom is -0.347 e. The minimum atomic E-state index is 0.0672. The van der Waals surface area contributed by atoms with Crippen molar-refractivity contribution in [2.45, 2.75) is 6.54 Å². The second-order valence-electron chi connectivity index (χ2n) is 5.23. The Labute approximate surface area is 123 Å². The molecule has 0 bridgehead atoms. The lowest BCUT2D eigenvalue weighted by Crippen LogP contribution is -2.25. The number of rotatable bonds is 3. The number of benzene rings is 1. The fraction of sp³-hybridized carbons (Fsp3) is 0.176. The van der Waals surface area contributed by atoms with Gasteiger partial charge in [0.05, 0.1) is 11.0 Å². The van der Waals surface area contributed by atoms with Crippen molar-refractivity contribution >= 4 is 16.9 Å². The van der Waals surface area contributed by atoms with Gasteiger partial charge in [-0.05, 0) is 17.7 Å². The van der Waals surface area contributed by atoms with Gasteiger partial charge in [-0.15, -0.1) is 0 Å². The molecule has 0 aliphatic rings. The van der Waals surface area contributed by atoms with Crippen molar-refractivity contribution < 1.29 is 4.79 Å². The largest absolute Gasteiger partial charge is 0.347 e. The van der Waals surface area contributed by atoms with Gasteiger partial charge in [-0.1, -0.05) is 30.3 Å². The lowest BCUT2D eigenvalue weighted by Gasteiger charge is -2.12. The van der Waals surface area contributed by atoms with Crippen LogP contribution >= 0.6 is 0 Å². The van der Waals surface area contributed by atoms with Crippen LogP contribution in [0.2, 0.25) is 0 Å². The molecule has 0 aliphatic heterocycles. The monoisotopic (exact) mass is 279 g/mol. The first-order valence-corrected chi connectivity index (χ1v) is 6.85. The standard InChI is InChI=1S/C17H17N3O/c1-19(2)17(21)12-20-9-8-15-16(20)10-14(11-18-15)13-6-4-3-5-7-13/h3-11H,12H2,1-2H3. The molecule has 0 spiro atoms. The number of nitrogens with zero attached hydrogens (tertiary/aromatic N) is 3. The Bertz CT molecular complexity index is 775. The van der Waals surface area contributed by atoms with Crippen LogP contribution in [-0.2, 0) is 11.3 Å². The molecule has 21 heavy (non-hydrogen) atoms. The van der Waals surface area contributed by atoms with Gasteiger partial charge in [0, 0.05) is 32.1 Å². The van der Waals surface area contributed by atoms with E-state index in [2.05, 4.69) is 23.2 Å². The molecule has 4 nitrogen and oxygen atoms in total. The number of carbonyl (C=O) groups excluding carboxylic acids is 1. The molecule has 0 saturated heterocycles. The molecule has 106 valence electrons. The molecule has 1 amide bonds. The van der Waals surface area contributed by atoms with Gasteiger partial charge >= 0.3 is 0 Å². The van der Waals surface area contributed by atoms with Crippen LogP contribution in [0.25, 0.3) is 22.2 Å². The number of pyridine rings is 1. The van der Waals surface area contributed by atoms with E-state index in [1.807, 2.05) is 41.2 Å². The minimum absolute atomic E-state index is 0.0672. The van der Waals surface area contributed by atoms with Crippen molar-refractivity contribution in [2.24, 2.45) is 0 Å². The van der Waals surface area contributed by atoms with E-state index in [1.54, 1.807) is 19.0 Å². The molecular formula is C17H17N3O. The molecule has 2 aromatic heterocycles. The number of likely N-dealkylation sites (N-methyl/N-ethyl adjacent to an activating group) is 1. The van der Waals surface area contributed by atoms with Gasteiger partial charge in [0.1, 0.15) is 6.54 Å². The van der Waals surface area contributed by atoms with Crippen LogP contribution in [0.5, 0.6) is 0 Å². The molecule has 4 heteroatoms. The van der Waals surface area contributed by atoms with E-state index in [0.717, 1.165) is 22.2 Å². The van der Waals surface area contributed by atoms with Gasteiger partial charge in [-0.2, -0.15) is 0 Å². The Hall–Kier alpha value is -2.62. The third-order valence-electron chi connectivity index (χ3n) is 3.53. The Morgan fingerprint density at radius 3 is 2.62 bits per heavy atom. The summed E-state index contributed by atoms with van der Waals surface area (Å²) in [5, 5.41) is 0. The molecule has 0 radical (unpaired) electrons. The van der Waals surface area contributed by atoms with Crippen LogP contribution in [-0.4, -0.2) is 34.5 Å². The topological polar surface area (TPSA) is 38.1 Å². The maximum atomic E-state index is 11.9. The van der Waals surface area contributed by atoms with Crippen molar-refractivity contribution in [3.63, 3.8) is 0 Å². The van der Waals surface area contributed by atoms with E-state index in [4.69, 9.17) is 0 Å². The number of carbonyl (C=O) groups is 1. The number of hydrogen-bond acceptors (Lipinski definition) is 2. The summed E-state index contributed by atoms with van der Waals surface area (Å²) in [4.78, 5) is 18.0. The molecule has 0 atom stereocenters. The Morgan fingerprint density at radius 1 is 1.14 bits per heavy atom. The maximum absolute atomic E-state index is 11.9. The van der Waals surface area contributed by atoms with Crippen LogP contribution in [0.1, 0.15) is 0 Å². The normalized spacial score (nSPS) is 10.8. The number of aromatic nitrogens is 2. The van der Waals surface area contributed by atoms with Crippen molar-refractivity contribution in [1.82, 2.24) is 14.5 Å². The molecule has 0 N–H and O–H groups in total. The summed E-state index contributed by atoms with van der Waals surface area (Å²) < 4.78 is 1.94. The average molecular weight is 279 g/mol. The highest BCUT2D eigenvalue weighted by atomic mass is 16.2. The zero-order chi connectivity index (χ0) is 14.8. The van der Waals surface area contributed by atoms with Gasteiger partial charge in [0.25, 0.3) is 0 Å². The molecule has 0 aliphatic carbocycles. The lowest BCUT2D eigenvalue weighted by atomic mass is 10.1. The number of fused-ring (bicyclic) bond motifs is 1. The number of amides is 1. The fourth-order valence-corrected chi connectivity index (χ4v) is 2.28. The van der Waals surface area contributed by atoms with E-state index in [1.165, 1.54) is 0 Å². The van der Waals surface area contributed by atoms with Crippen molar-refractivity contribution in [3.8, 4) is 11.1 Å². The predicted octanol–water partition coefficient (Wildman–Crippen LogP) is 2.79. The van der Waals surface area contributed by atoms with Gasteiger partial charge in [-0.25, -0.2) is 0 Å². The molecule has 0 unspecified atom stereocenters. The van der Waals surface area contributed by atoms with Gasteiger partial charge < -0.3 is 9.47 Å². The summed E-state index contributed by atoms with van der Waals surface area (Å²) >= 11 is 0. The number of hydrogen-bond donors (Lipinski definition) is 0. The van der Waals surface area contributed by atoms with Gasteiger partial charge in [0.2, 0.25) is 5.91 Å². The summed E-state index contributed by atoms with van der Waals surface area (Å²) in [5.74, 6) is 0.0672. The molecule has 1 aromatic carbocycles. The molecule has 0 saturated carbocycles. The zero-order valence-electron chi connectivity index (χ0n) is 12.2. The fourth-order valence-electron chi connectivity index (χ4n) is 2.28. The summed E-state index contributed by atoms with van der Waals surface area (Å²) in [6.45, 7) is 0.330. The Morgan fingerprint density at radius 2 is 1.90 bits per heavy atom. The van der Waals surface area contributed by atoms with Crippen molar-refractivity contribution in [2.75, 3.05) is 14.1 Å². The summed E-state index contributed by atoms with van der Waals surface area (Å²) in [6.07, 6.45) is 3.78. The van der Waals surface area contributed by atoms with E-state index < -0.39 is 0 Å². The highest BCUT2D eigenvalue weighted by Crippen LogP contribution is 2.23. The molecule has 0 fully saturated rings. The Kier molecular flexibility index (Phi) is 3.44. The lowest BCUT2D eigenvalue weighted by molar-refractivity contribution is -0.129. The highest BCUT2D eigenvalue weighted by Gasteiger charge is 2.09. The zero-order valence-corrected chi connectivity index (χ0v) is 12.2. The van der Waals surface area contributed by atoms with E-state index in [9.17, 15) is 4.79 Å². The third-order valence-corrected chi connectivity index (χ3v) is 3.53. The van der Waals surface area contributed by atoms with Gasteiger partial charge in [0.15, 0.2) is 0 Å². The summed E-state index contributed by atoms with van der Waals surface area (Å²) in [7, 11) is 3.53. The molecule has 3 rings (SSSR count). The SMILES string of the molecule is CN(C)C(=O)Cn1ccc2ncc(-c3ccccc3)cc21. The first-order chi connectivity index (χ1) is 10.1. The smallest absolute Gasteiger partial charge is 0.241 e. The van der Waals surface area contributed by atoms with E-state index in [-0.39, 0.29) is 5.91 Å². The van der Waals surface area contributed by atoms with Crippen LogP contribution in [0.15, 0.2) is 54.9 Å².